The van der Waals surface area contributed by atoms with Crippen LogP contribution in [0.4, 0.5) is 0 Å². The lowest BCUT2D eigenvalue weighted by molar-refractivity contribution is -0.301. The van der Waals surface area contributed by atoms with Gasteiger partial charge in [-0.15, -0.1) is 0 Å². The zero-order valence-corrected chi connectivity index (χ0v) is 19.4. The highest BCUT2D eigenvalue weighted by molar-refractivity contribution is 5.87. The minimum atomic E-state index is -1.55. The number of ether oxygens (including phenoxy) is 5. The predicted molar refractivity (Wildman–Crippen MR) is 124 cm³/mol. The second-order valence-electron chi connectivity index (χ2n) is 7.88. The summed E-state index contributed by atoms with van der Waals surface area (Å²) in [7, 11) is 3.03. The molecule has 1 saturated heterocycles. The molecule has 1 fully saturated rings. The van der Waals surface area contributed by atoms with Crippen LogP contribution in [0.25, 0.3) is 6.08 Å². The summed E-state index contributed by atoms with van der Waals surface area (Å²) in [6.45, 7) is -0.215. The quantitative estimate of drug-likeness (QED) is 0.282. The monoisotopic (exact) mass is 490 g/mol. The van der Waals surface area contributed by atoms with Crippen molar-refractivity contribution >= 4 is 12.0 Å². The Morgan fingerprint density at radius 2 is 1.69 bits per heavy atom. The van der Waals surface area contributed by atoms with Gasteiger partial charge in [-0.1, -0.05) is 18.2 Å². The van der Waals surface area contributed by atoms with E-state index in [2.05, 4.69) is 0 Å². The van der Waals surface area contributed by atoms with Crippen molar-refractivity contribution in [3.63, 3.8) is 0 Å². The minimum absolute atomic E-state index is 0.147. The molecule has 2 aromatic rings. The van der Waals surface area contributed by atoms with Crippen LogP contribution in [0.5, 0.6) is 17.2 Å². The molecule has 5 atom stereocenters. The van der Waals surface area contributed by atoms with Gasteiger partial charge >= 0.3 is 5.97 Å². The second-order valence-corrected chi connectivity index (χ2v) is 7.88. The van der Waals surface area contributed by atoms with Crippen molar-refractivity contribution in [1.82, 2.24) is 0 Å². The van der Waals surface area contributed by atoms with Crippen molar-refractivity contribution in [2.45, 2.75) is 37.1 Å². The van der Waals surface area contributed by atoms with Crippen LogP contribution < -0.4 is 9.47 Å². The first-order valence-corrected chi connectivity index (χ1v) is 11.0. The molecular formula is C25H30O10. The Labute approximate surface area is 202 Å². The third-order valence-electron chi connectivity index (χ3n) is 5.49. The first-order chi connectivity index (χ1) is 16.8. The number of aliphatic hydroxyl groups is 3. The molecule has 0 bridgehead atoms. The average molecular weight is 491 g/mol. The molecule has 1 aliphatic heterocycles. The molecule has 2 aromatic carbocycles. The van der Waals surface area contributed by atoms with Crippen LogP contribution in [-0.4, -0.2) is 84.5 Å². The van der Waals surface area contributed by atoms with Gasteiger partial charge in [0.05, 0.1) is 20.8 Å². The van der Waals surface area contributed by atoms with Crippen LogP contribution in [0.1, 0.15) is 11.1 Å². The summed E-state index contributed by atoms with van der Waals surface area (Å²) >= 11 is 0. The van der Waals surface area contributed by atoms with Gasteiger partial charge in [-0.25, -0.2) is 4.79 Å². The van der Waals surface area contributed by atoms with Crippen LogP contribution in [0, 0.1) is 0 Å². The van der Waals surface area contributed by atoms with E-state index in [9.17, 15) is 25.2 Å². The first kappa shape index (κ1) is 26.5. The van der Waals surface area contributed by atoms with E-state index in [0.29, 0.717) is 23.5 Å². The van der Waals surface area contributed by atoms with Crippen molar-refractivity contribution in [1.29, 1.82) is 0 Å². The minimum Gasteiger partial charge on any atom is -0.508 e. The lowest BCUT2D eigenvalue weighted by Gasteiger charge is -2.39. The van der Waals surface area contributed by atoms with Gasteiger partial charge in [-0.2, -0.15) is 0 Å². The Balaban J connectivity index is 1.51. The van der Waals surface area contributed by atoms with Crippen LogP contribution in [0.15, 0.2) is 48.5 Å². The Bertz CT molecular complexity index is 990. The smallest absolute Gasteiger partial charge is 0.330 e. The van der Waals surface area contributed by atoms with E-state index in [1.807, 2.05) is 0 Å². The number of aliphatic hydroxyl groups excluding tert-OH is 3. The maximum absolute atomic E-state index is 12.2. The van der Waals surface area contributed by atoms with Gasteiger partial charge in [-0.05, 0) is 47.9 Å². The summed E-state index contributed by atoms with van der Waals surface area (Å²) in [6.07, 6.45) is -3.66. The fraction of sp³-hybridized carbons (Fsp3) is 0.400. The molecule has 35 heavy (non-hydrogen) atoms. The lowest BCUT2D eigenvalue weighted by Crippen LogP contribution is -2.59. The summed E-state index contributed by atoms with van der Waals surface area (Å²) in [4.78, 5) is 12.2. The van der Waals surface area contributed by atoms with E-state index in [0.717, 1.165) is 5.56 Å². The highest BCUT2D eigenvalue weighted by atomic mass is 16.7. The SMILES string of the molecule is COc1ccc(/C=C/C(=O)OC[C@H]2O[C@@H](OCCc3ccc(O)cc3)[C@H](O)[C@@H](O)[C@@H]2O)cc1OC. The second kappa shape index (κ2) is 12.5. The average Bonchev–Trinajstić information content (AvgIpc) is 2.87. The highest BCUT2D eigenvalue weighted by Gasteiger charge is 2.44. The van der Waals surface area contributed by atoms with E-state index >= 15 is 0 Å². The molecule has 10 heteroatoms. The van der Waals surface area contributed by atoms with Gasteiger partial charge in [0, 0.05) is 6.08 Å². The van der Waals surface area contributed by atoms with Crippen LogP contribution in [-0.2, 0) is 25.4 Å². The maximum Gasteiger partial charge on any atom is 0.330 e. The van der Waals surface area contributed by atoms with E-state index in [4.69, 9.17) is 23.7 Å². The van der Waals surface area contributed by atoms with Crippen LogP contribution in [0.2, 0.25) is 0 Å². The molecule has 3 rings (SSSR count). The molecule has 10 nitrogen and oxygen atoms in total. The Morgan fingerprint density at radius 3 is 2.37 bits per heavy atom. The topological polar surface area (TPSA) is 144 Å². The van der Waals surface area contributed by atoms with Crippen molar-refractivity contribution in [2.24, 2.45) is 0 Å². The van der Waals surface area contributed by atoms with Gasteiger partial charge in [0.15, 0.2) is 17.8 Å². The van der Waals surface area contributed by atoms with Crippen LogP contribution in [0.3, 0.4) is 0 Å². The Morgan fingerprint density at radius 1 is 0.971 bits per heavy atom. The van der Waals surface area contributed by atoms with Crippen molar-refractivity contribution in [3.05, 3.63) is 59.7 Å². The molecule has 0 aliphatic carbocycles. The van der Waals surface area contributed by atoms with Gasteiger partial charge in [-0.3, -0.25) is 0 Å². The molecular weight excluding hydrogens is 460 g/mol. The molecule has 0 spiro atoms. The first-order valence-electron chi connectivity index (χ1n) is 11.0. The lowest BCUT2D eigenvalue weighted by atomic mass is 9.99. The Kier molecular flexibility index (Phi) is 9.47. The van der Waals surface area contributed by atoms with Crippen molar-refractivity contribution in [3.8, 4) is 17.2 Å². The van der Waals surface area contributed by atoms with Gasteiger partial charge < -0.3 is 44.1 Å². The number of hydrogen-bond acceptors (Lipinski definition) is 10. The predicted octanol–water partition coefficient (Wildman–Crippen LogP) is 1.03. The van der Waals surface area contributed by atoms with E-state index < -0.39 is 36.7 Å². The summed E-state index contributed by atoms with van der Waals surface area (Å²) in [6, 6.07) is 11.7. The third kappa shape index (κ3) is 7.17. The molecule has 0 unspecified atom stereocenters. The standard InChI is InChI=1S/C25H30O10/c1-31-18-9-5-16(13-19(18)32-2)6-10-21(27)34-14-20-22(28)23(29)24(30)25(35-20)33-12-11-15-3-7-17(26)8-4-15/h3-10,13,20,22-26,28-30H,11-12,14H2,1-2H3/b10-6+/t20-,22-,23+,24-,25-/m1/s1. The number of carbonyl (C=O) groups excluding carboxylic acids is 1. The molecule has 4 N–H and O–H groups in total. The van der Waals surface area contributed by atoms with Crippen molar-refractivity contribution in [2.75, 3.05) is 27.4 Å². The third-order valence-corrected chi connectivity index (χ3v) is 5.49. The van der Waals surface area contributed by atoms with E-state index in [-0.39, 0.29) is 19.0 Å². The number of phenolic OH excluding ortho intramolecular Hbond substituents is 1. The number of benzene rings is 2. The molecule has 0 aromatic heterocycles. The number of hydrogen-bond donors (Lipinski definition) is 4. The fourth-order valence-corrected chi connectivity index (χ4v) is 3.48. The molecule has 1 aliphatic rings. The number of phenols is 1. The number of carbonyl (C=O) groups is 1. The molecule has 1 heterocycles. The van der Waals surface area contributed by atoms with Crippen molar-refractivity contribution < 1.29 is 48.9 Å². The summed E-state index contributed by atoms with van der Waals surface area (Å²) < 4.78 is 26.7. The molecule has 190 valence electrons. The normalized spacial score (nSPS) is 24.3. The van der Waals surface area contributed by atoms with Crippen LogP contribution >= 0.6 is 0 Å². The van der Waals surface area contributed by atoms with E-state index in [1.165, 1.54) is 26.4 Å². The number of aromatic hydroxyl groups is 1. The zero-order valence-electron chi connectivity index (χ0n) is 19.4. The number of esters is 1. The number of methoxy groups -OCH3 is 2. The van der Waals surface area contributed by atoms with Gasteiger partial charge in [0.2, 0.25) is 0 Å². The highest BCUT2D eigenvalue weighted by Crippen LogP contribution is 2.28. The fourth-order valence-electron chi connectivity index (χ4n) is 3.48. The largest absolute Gasteiger partial charge is 0.508 e. The molecule has 0 radical (unpaired) electrons. The van der Waals surface area contributed by atoms with Gasteiger partial charge in [0.1, 0.15) is 36.8 Å². The maximum atomic E-state index is 12.2. The Hall–Kier alpha value is -3.15. The summed E-state index contributed by atoms with van der Waals surface area (Å²) in [5.74, 6) is 0.511. The summed E-state index contributed by atoms with van der Waals surface area (Å²) in [5.41, 5.74) is 1.56. The number of rotatable bonds is 10. The molecule has 0 amide bonds. The van der Waals surface area contributed by atoms with E-state index in [1.54, 1.807) is 42.5 Å². The summed E-state index contributed by atoms with van der Waals surface area (Å²) in [5, 5.41) is 39.9. The zero-order chi connectivity index (χ0) is 25.4. The van der Waals surface area contributed by atoms with Gasteiger partial charge in [0.25, 0.3) is 0 Å². The molecule has 0 saturated carbocycles.